The van der Waals surface area contributed by atoms with E-state index in [1.54, 1.807) is 0 Å². The molecule has 0 saturated carbocycles. The molecule has 0 fully saturated rings. The molecule has 0 radical (unpaired) electrons. The summed E-state index contributed by atoms with van der Waals surface area (Å²) >= 11 is -1.77. The molecule has 0 aliphatic carbocycles. The zero-order valence-corrected chi connectivity index (χ0v) is 8.21. The van der Waals surface area contributed by atoms with Gasteiger partial charge in [0.25, 0.3) is 5.24 Å². The number of aliphatic hydroxyl groups is 1. The van der Waals surface area contributed by atoms with Crippen molar-refractivity contribution in [3.63, 3.8) is 0 Å². The van der Waals surface area contributed by atoms with E-state index in [-0.39, 0.29) is 6.73 Å². The van der Waals surface area contributed by atoms with Crippen LogP contribution in [0.2, 0.25) is 0 Å². The zero-order valence-electron chi connectivity index (χ0n) is 7.39. The summed E-state index contributed by atoms with van der Waals surface area (Å²) in [7, 11) is 0. The molecule has 1 aromatic carbocycles. The van der Waals surface area contributed by atoms with Crippen LogP contribution in [0.5, 0.6) is 0 Å². The van der Waals surface area contributed by atoms with Crippen LogP contribution in [0, 0.1) is 0 Å². The smallest absolute Gasteiger partial charge is 0.254 e. The lowest BCUT2D eigenvalue weighted by Gasteiger charge is -2.12. The van der Waals surface area contributed by atoms with E-state index in [1.807, 2.05) is 30.3 Å². The fourth-order valence-corrected chi connectivity index (χ4v) is 2.00. The van der Waals surface area contributed by atoms with Crippen LogP contribution in [-0.4, -0.2) is 21.4 Å². The van der Waals surface area contributed by atoms with Crippen LogP contribution in [-0.2, 0) is 11.3 Å². The molecule has 5 heteroatoms. The van der Waals surface area contributed by atoms with Gasteiger partial charge in [0.2, 0.25) is 0 Å². The van der Waals surface area contributed by atoms with Crippen LogP contribution < -0.4 is 0 Å². The van der Waals surface area contributed by atoms with Crippen LogP contribution in [0.15, 0.2) is 30.3 Å². The molecule has 3 nitrogen and oxygen atoms in total. The Kier molecular flexibility index (Phi) is 2.93. The molecule has 2 rings (SSSR count). The Morgan fingerprint density at radius 1 is 1.43 bits per heavy atom. The van der Waals surface area contributed by atoms with Crippen molar-refractivity contribution in [2.75, 3.05) is 6.73 Å². The normalized spacial score (nSPS) is 23.0. The highest BCUT2D eigenvalue weighted by molar-refractivity contribution is 8.09. The van der Waals surface area contributed by atoms with Crippen molar-refractivity contribution >= 4 is 16.3 Å². The average Bonchev–Trinajstić information content (AvgIpc) is 2.52. The topological polar surface area (TPSA) is 32.7 Å². The second-order valence-corrected chi connectivity index (χ2v) is 4.24. The predicted octanol–water partition coefficient (Wildman–Crippen LogP) is 2.19. The lowest BCUT2D eigenvalue weighted by molar-refractivity contribution is 0.178. The SMILES string of the molecule is OC1=S(F)N(Cc2ccccc2)CO1. The first-order valence-corrected chi connectivity index (χ1v) is 5.24. The molecule has 76 valence electrons. The molecule has 0 saturated heterocycles. The van der Waals surface area contributed by atoms with E-state index in [0.29, 0.717) is 6.54 Å². The molecule has 1 atom stereocenters. The molecule has 1 N–H and O–H groups in total. The molecule has 0 spiro atoms. The molecule has 14 heavy (non-hydrogen) atoms. The Hall–Kier alpha value is -0.750. The molecular formula is C9H10FNO2S. The number of hydrogen-bond donors (Lipinski definition) is 1. The predicted molar refractivity (Wildman–Crippen MR) is 54.3 cm³/mol. The van der Waals surface area contributed by atoms with Gasteiger partial charge in [0, 0.05) is 6.54 Å². The molecule has 1 heterocycles. The number of rotatable bonds is 2. The van der Waals surface area contributed by atoms with Crippen molar-refractivity contribution in [3.8, 4) is 0 Å². The van der Waals surface area contributed by atoms with E-state index in [9.17, 15) is 3.89 Å². The monoisotopic (exact) mass is 215 g/mol. The van der Waals surface area contributed by atoms with Crippen LogP contribution in [0.4, 0.5) is 3.89 Å². The summed E-state index contributed by atoms with van der Waals surface area (Å²) in [5.74, 6) is 0. The van der Waals surface area contributed by atoms with E-state index >= 15 is 0 Å². The molecule has 0 amide bonds. The zero-order chi connectivity index (χ0) is 9.97. The number of halogens is 1. The van der Waals surface area contributed by atoms with Crippen LogP contribution in [0.3, 0.4) is 0 Å². The van der Waals surface area contributed by atoms with Crippen molar-refractivity contribution in [1.29, 1.82) is 0 Å². The van der Waals surface area contributed by atoms with Gasteiger partial charge in [-0.05, 0) is 5.56 Å². The summed E-state index contributed by atoms with van der Waals surface area (Å²) in [6, 6.07) is 9.51. The third-order valence-electron chi connectivity index (χ3n) is 1.90. The molecule has 1 aliphatic rings. The second kappa shape index (κ2) is 4.18. The van der Waals surface area contributed by atoms with Gasteiger partial charge >= 0.3 is 0 Å². The van der Waals surface area contributed by atoms with Gasteiger partial charge in [0.15, 0.2) is 0 Å². The number of benzene rings is 1. The van der Waals surface area contributed by atoms with Crippen molar-refractivity contribution in [1.82, 2.24) is 4.31 Å². The standard InChI is InChI=1S/C9H10FNO2S/c10-14-9(12)13-7-11(14)6-8-4-2-1-3-5-8/h1-5,12H,6-7H2. The molecule has 0 bridgehead atoms. The highest BCUT2D eigenvalue weighted by Crippen LogP contribution is 2.29. The Labute approximate surface area is 84.1 Å². The Morgan fingerprint density at radius 2 is 2.14 bits per heavy atom. The number of aliphatic hydroxyl groups excluding tert-OH is 1. The van der Waals surface area contributed by atoms with Gasteiger partial charge in [0.05, 0.1) is 0 Å². The summed E-state index contributed by atoms with van der Waals surface area (Å²) in [6.45, 7) is 0.560. The van der Waals surface area contributed by atoms with Crippen molar-refractivity contribution in [3.05, 3.63) is 35.9 Å². The Bertz CT molecular complexity index is 355. The quantitative estimate of drug-likeness (QED) is 0.767. The highest BCUT2D eigenvalue weighted by Gasteiger charge is 2.22. The van der Waals surface area contributed by atoms with Gasteiger partial charge in [-0.25, -0.2) is 0 Å². The van der Waals surface area contributed by atoms with Gasteiger partial charge < -0.3 is 9.84 Å². The molecular weight excluding hydrogens is 205 g/mol. The first kappa shape index (κ1) is 9.79. The lowest BCUT2D eigenvalue weighted by Crippen LogP contribution is -2.13. The van der Waals surface area contributed by atoms with Gasteiger partial charge in [0.1, 0.15) is 17.8 Å². The van der Waals surface area contributed by atoms with Crippen LogP contribution in [0.25, 0.3) is 0 Å². The number of ether oxygens (including phenoxy) is 1. The largest absolute Gasteiger partial charge is 0.334 e. The minimum Gasteiger partial charge on any atom is -0.334 e. The molecule has 1 aromatic rings. The fourth-order valence-electron chi connectivity index (χ4n) is 1.22. The van der Waals surface area contributed by atoms with Crippen LogP contribution >= 0.6 is 11.1 Å². The van der Waals surface area contributed by atoms with E-state index in [0.717, 1.165) is 5.56 Å². The maximum Gasteiger partial charge on any atom is 0.254 e. The first-order valence-electron chi connectivity index (χ1n) is 4.15. The Morgan fingerprint density at radius 3 is 2.71 bits per heavy atom. The van der Waals surface area contributed by atoms with Gasteiger partial charge in [-0.15, -0.1) is 0 Å². The number of nitrogens with zero attached hydrogens (tertiary/aromatic N) is 1. The maximum atomic E-state index is 13.2. The fraction of sp³-hybridized carbons (Fsp3) is 0.222. The first-order chi connectivity index (χ1) is 6.77. The average molecular weight is 215 g/mol. The van der Waals surface area contributed by atoms with E-state index in [4.69, 9.17) is 5.11 Å². The van der Waals surface area contributed by atoms with Gasteiger partial charge in [-0.1, -0.05) is 30.3 Å². The van der Waals surface area contributed by atoms with E-state index in [1.165, 1.54) is 4.31 Å². The molecule has 0 aromatic heterocycles. The van der Waals surface area contributed by atoms with Crippen molar-refractivity contribution in [2.24, 2.45) is 0 Å². The van der Waals surface area contributed by atoms with E-state index < -0.39 is 16.3 Å². The summed E-state index contributed by atoms with van der Waals surface area (Å²) < 4.78 is 19.3. The van der Waals surface area contributed by atoms with Crippen molar-refractivity contribution in [2.45, 2.75) is 6.54 Å². The molecule has 1 aliphatic heterocycles. The van der Waals surface area contributed by atoms with E-state index in [2.05, 4.69) is 4.74 Å². The summed E-state index contributed by atoms with van der Waals surface area (Å²) in [5.41, 5.74) is 1.00. The third kappa shape index (κ3) is 2.01. The van der Waals surface area contributed by atoms with Crippen LogP contribution in [0.1, 0.15) is 5.56 Å². The Balaban J connectivity index is 2.07. The lowest BCUT2D eigenvalue weighted by atomic mass is 10.2. The number of hydrogen-bond acceptors (Lipinski definition) is 2. The minimum absolute atomic E-state index is 0.111. The second-order valence-electron chi connectivity index (χ2n) is 2.90. The summed E-state index contributed by atoms with van der Waals surface area (Å²) in [6.07, 6.45) is 0. The highest BCUT2D eigenvalue weighted by atomic mass is 32.2. The maximum absolute atomic E-state index is 13.2. The minimum atomic E-state index is -1.77. The van der Waals surface area contributed by atoms with Gasteiger partial charge in [-0.3, -0.25) is 0 Å². The third-order valence-corrected chi connectivity index (χ3v) is 3.00. The van der Waals surface area contributed by atoms with Crippen molar-refractivity contribution < 1.29 is 13.7 Å². The summed E-state index contributed by atoms with van der Waals surface area (Å²) in [5, 5.41) is 8.42. The van der Waals surface area contributed by atoms with Gasteiger partial charge in [-0.2, -0.15) is 8.19 Å². The summed E-state index contributed by atoms with van der Waals surface area (Å²) in [4.78, 5) is 0. The molecule has 1 unspecified atom stereocenters.